The summed E-state index contributed by atoms with van der Waals surface area (Å²) in [7, 11) is 0. The van der Waals surface area contributed by atoms with Crippen LogP contribution in [0, 0.1) is 10.7 Å². The number of hydrogen-bond acceptors (Lipinski definition) is 4. The molecule has 24 heavy (non-hydrogen) atoms. The van der Waals surface area contributed by atoms with Gasteiger partial charge < -0.3 is 20.7 Å². The van der Waals surface area contributed by atoms with Crippen LogP contribution in [0.4, 0.5) is 0 Å². The number of carboxylic acid groups (broad SMARTS) is 1. The van der Waals surface area contributed by atoms with Crippen LogP contribution in [0.3, 0.4) is 0 Å². The number of rotatable bonds is 5. The molecule has 0 radical (unpaired) electrons. The number of phenols is 1. The minimum absolute atomic E-state index is 0. The van der Waals surface area contributed by atoms with Crippen LogP contribution in [0.1, 0.15) is 5.56 Å². The SMILES string of the molecule is NC(Cc1ccc(Oc2ccc(O)cc2I)c(I)c1I)C(=O)O.[Na+]. The molecular weight excluding hydrogens is 662 g/mol. The van der Waals surface area contributed by atoms with Crippen LogP contribution in [0.15, 0.2) is 30.3 Å². The Morgan fingerprint density at radius 2 is 1.75 bits per heavy atom. The largest absolute Gasteiger partial charge is 1.00 e. The van der Waals surface area contributed by atoms with Gasteiger partial charge in [0, 0.05) is 3.57 Å². The van der Waals surface area contributed by atoms with Gasteiger partial charge in [0.2, 0.25) is 0 Å². The number of hydrogen-bond donors (Lipinski definition) is 3. The molecule has 0 amide bonds. The van der Waals surface area contributed by atoms with Crippen LogP contribution < -0.4 is 40.0 Å². The number of carbonyl (C=O) groups is 1. The average molecular weight is 674 g/mol. The number of aromatic hydroxyl groups is 1. The molecule has 9 heteroatoms. The minimum Gasteiger partial charge on any atom is -0.508 e. The fraction of sp³-hybridized carbons (Fsp3) is 0.133. The Balaban J connectivity index is 0.00000288. The van der Waals surface area contributed by atoms with Crippen LogP contribution >= 0.6 is 67.8 Å². The topological polar surface area (TPSA) is 92.8 Å². The van der Waals surface area contributed by atoms with E-state index in [0.29, 0.717) is 11.5 Å². The molecule has 5 nitrogen and oxygen atoms in total. The Morgan fingerprint density at radius 1 is 1.12 bits per heavy atom. The summed E-state index contributed by atoms with van der Waals surface area (Å²) < 4.78 is 8.51. The predicted octanol–water partition coefficient (Wildman–Crippen LogP) is 0.957. The van der Waals surface area contributed by atoms with Gasteiger partial charge >= 0.3 is 35.5 Å². The van der Waals surface area contributed by atoms with Crippen molar-refractivity contribution in [2.75, 3.05) is 0 Å². The molecule has 1 atom stereocenters. The zero-order valence-electron chi connectivity index (χ0n) is 12.6. The van der Waals surface area contributed by atoms with Gasteiger partial charge in [-0.15, -0.1) is 0 Å². The molecule has 4 N–H and O–H groups in total. The number of benzene rings is 2. The summed E-state index contributed by atoms with van der Waals surface area (Å²) in [5, 5.41) is 18.4. The van der Waals surface area contributed by atoms with E-state index in [1.165, 1.54) is 0 Å². The molecule has 2 aromatic carbocycles. The Hall–Kier alpha value is 0.660. The molecule has 1 unspecified atom stereocenters. The third-order valence-electron chi connectivity index (χ3n) is 3.02. The van der Waals surface area contributed by atoms with Crippen LogP contribution in [-0.2, 0) is 11.2 Å². The van der Waals surface area contributed by atoms with Crippen molar-refractivity contribution in [1.82, 2.24) is 0 Å². The summed E-state index contributed by atoms with van der Waals surface area (Å²) in [6, 6.07) is 7.59. The van der Waals surface area contributed by atoms with Gasteiger partial charge in [0.15, 0.2) is 0 Å². The first-order chi connectivity index (χ1) is 10.8. The summed E-state index contributed by atoms with van der Waals surface area (Å²) in [4.78, 5) is 10.9. The summed E-state index contributed by atoms with van der Waals surface area (Å²) in [6.45, 7) is 0. The molecular formula is C15H12I3NNaO4+. The fourth-order valence-electron chi connectivity index (χ4n) is 1.82. The van der Waals surface area contributed by atoms with E-state index in [4.69, 9.17) is 15.6 Å². The van der Waals surface area contributed by atoms with Gasteiger partial charge in [-0.2, -0.15) is 0 Å². The van der Waals surface area contributed by atoms with E-state index in [0.717, 1.165) is 16.3 Å². The smallest absolute Gasteiger partial charge is 0.508 e. The van der Waals surface area contributed by atoms with E-state index in [1.54, 1.807) is 24.3 Å². The van der Waals surface area contributed by atoms with E-state index in [2.05, 4.69) is 67.8 Å². The number of nitrogens with two attached hydrogens (primary N) is 1. The number of aliphatic carboxylic acids is 1. The molecule has 0 aromatic heterocycles. The molecule has 0 aliphatic carbocycles. The number of carboxylic acids is 1. The number of ether oxygens (including phenoxy) is 1. The van der Waals surface area contributed by atoms with E-state index in [-0.39, 0.29) is 41.7 Å². The van der Waals surface area contributed by atoms with Crippen LogP contribution in [-0.4, -0.2) is 22.2 Å². The zero-order valence-corrected chi connectivity index (χ0v) is 21.1. The molecule has 0 spiro atoms. The number of halogens is 3. The molecule has 2 rings (SSSR count). The molecule has 2 aromatic rings. The molecule has 0 heterocycles. The Bertz CT molecular complexity index is 758. The standard InChI is InChI=1S/C15H12I3NO4.Na/c16-9-6-8(20)2-4-11(9)23-12-3-1-7(13(17)14(12)18)5-10(19)15(21)22;/h1-4,6,10,20H,5,19H2,(H,21,22);/q;+1. The maximum Gasteiger partial charge on any atom is 1.00 e. The van der Waals surface area contributed by atoms with Crippen molar-refractivity contribution in [1.29, 1.82) is 0 Å². The summed E-state index contributed by atoms with van der Waals surface area (Å²) in [5.41, 5.74) is 6.47. The van der Waals surface area contributed by atoms with Crippen molar-refractivity contribution in [3.8, 4) is 17.2 Å². The molecule has 122 valence electrons. The summed E-state index contributed by atoms with van der Waals surface area (Å²) in [5.74, 6) is 0.483. The van der Waals surface area contributed by atoms with Crippen molar-refractivity contribution in [3.05, 3.63) is 46.6 Å². The average Bonchev–Trinajstić information content (AvgIpc) is 2.49. The molecule has 0 bridgehead atoms. The van der Waals surface area contributed by atoms with Gasteiger partial charge in [-0.1, -0.05) is 6.07 Å². The maximum atomic E-state index is 10.9. The quantitative estimate of drug-likeness (QED) is 0.325. The third kappa shape index (κ3) is 5.84. The first-order valence-corrected chi connectivity index (χ1v) is 9.65. The van der Waals surface area contributed by atoms with E-state index < -0.39 is 12.0 Å². The normalized spacial score (nSPS) is 11.5. The van der Waals surface area contributed by atoms with Crippen LogP contribution in [0.5, 0.6) is 17.2 Å². The van der Waals surface area contributed by atoms with E-state index >= 15 is 0 Å². The van der Waals surface area contributed by atoms with Crippen molar-refractivity contribution >= 4 is 73.7 Å². The van der Waals surface area contributed by atoms with Crippen LogP contribution in [0.25, 0.3) is 0 Å². The second-order valence-electron chi connectivity index (χ2n) is 4.72. The van der Waals surface area contributed by atoms with Gasteiger partial charge in [0.1, 0.15) is 23.3 Å². The molecule has 0 aliphatic rings. The van der Waals surface area contributed by atoms with Crippen molar-refractivity contribution in [3.63, 3.8) is 0 Å². The summed E-state index contributed by atoms with van der Waals surface area (Å²) >= 11 is 6.43. The predicted molar refractivity (Wildman–Crippen MR) is 112 cm³/mol. The van der Waals surface area contributed by atoms with Gasteiger partial charge in [0.25, 0.3) is 0 Å². The third-order valence-corrected chi connectivity index (χ3v) is 7.20. The van der Waals surface area contributed by atoms with Crippen molar-refractivity contribution in [2.24, 2.45) is 5.73 Å². The minimum atomic E-state index is -1.02. The molecule has 0 saturated heterocycles. The van der Waals surface area contributed by atoms with Gasteiger partial charge in [0.05, 0.1) is 7.14 Å². The first kappa shape index (κ1) is 22.7. The number of phenolic OH excluding ortho intramolecular Hbond substituents is 1. The van der Waals surface area contributed by atoms with Crippen molar-refractivity contribution < 1.29 is 49.3 Å². The molecule has 0 fully saturated rings. The van der Waals surface area contributed by atoms with E-state index in [9.17, 15) is 9.90 Å². The van der Waals surface area contributed by atoms with Gasteiger partial charge in [-0.25, -0.2) is 0 Å². The second-order valence-corrected chi connectivity index (χ2v) is 8.04. The zero-order chi connectivity index (χ0) is 17.1. The Morgan fingerprint density at radius 3 is 2.33 bits per heavy atom. The van der Waals surface area contributed by atoms with Gasteiger partial charge in [-0.3, -0.25) is 4.79 Å². The van der Waals surface area contributed by atoms with Crippen LogP contribution in [0.2, 0.25) is 0 Å². The van der Waals surface area contributed by atoms with E-state index in [1.807, 2.05) is 6.07 Å². The maximum absolute atomic E-state index is 10.9. The Kier molecular flexibility index (Phi) is 9.57. The second kappa shape index (κ2) is 10.1. The Labute approximate surface area is 202 Å². The molecule has 0 saturated carbocycles. The summed E-state index contributed by atoms with van der Waals surface area (Å²) in [6.07, 6.45) is 0.265. The monoisotopic (exact) mass is 674 g/mol. The first-order valence-electron chi connectivity index (χ1n) is 6.41. The van der Waals surface area contributed by atoms with Crippen molar-refractivity contribution in [2.45, 2.75) is 12.5 Å². The fourth-order valence-corrected chi connectivity index (χ4v) is 3.73. The molecule has 0 aliphatic heterocycles. The van der Waals surface area contributed by atoms with Gasteiger partial charge in [-0.05, 0) is 104 Å².